The SMILES string of the molecule is NCc1nccn1-c1ccc(Br)cn1. The Hall–Kier alpha value is -1.20. The zero-order valence-electron chi connectivity index (χ0n) is 7.39. The van der Waals surface area contributed by atoms with Crippen LogP contribution in [0.25, 0.3) is 5.82 Å². The standard InChI is InChI=1S/C9H9BrN4/c10-7-1-2-8(13-6-7)14-4-3-12-9(14)5-11/h1-4,6H,5,11H2. The highest BCUT2D eigenvalue weighted by molar-refractivity contribution is 9.10. The Morgan fingerprint density at radius 3 is 2.86 bits per heavy atom. The zero-order chi connectivity index (χ0) is 9.97. The van der Waals surface area contributed by atoms with Gasteiger partial charge in [0, 0.05) is 23.1 Å². The molecule has 0 aromatic carbocycles. The first-order chi connectivity index (χ1) is 6.81. The van der Waals surface area contributed by atoms with E-state index in [1.807, 2.05) is 22.9 Å². The number of rotatable bonds is 2. The number of hydrogen-bond donors (Lipinski definition) is 1. The molecule has 0 aliphatic carbocycles. The van der Waals surface area contributed by atoms with E-state index >= 15 is 0 Å². The van der Waals surface area contributed by atoms with Gasteiger partial charge < -0.3 is 5.73 Å². The second kappa shape index (κ2) is 3.89. The van der Waals surface area contributed by atoms with Gasteiger partial charge in [-0.1, -0.05) is 0 Å². The van der Waals surface area contributed by atoms with E-state index in [9.17, 15) is 0 Å². The third kappa shape index (κ3) is 1.69. The summed E-state index contributed by atoms with van der Waals surface area (Å²) in [6.07, 6.45) is 5.31. The molecule has 72 valence electrons. The summed E-state index contributed by atoms with van der Waals surface area (Å²) < 4.78 is 2.82. The van der Waals surface area contributed by atoms with Crippen molar-refractivity contribution in [3.05, 3.63) is 41.0 Å². The third-order valence-corrected chi connectivity index (χ3v) is 2.33. The van der Waals surface area contributed by atoms with Gasteiger partial charge in [0.05, 0.1) is 6.54 Å². The normalized spacial score (nSPS) is 10.4. The Kier molecular flexibility index (Phi) is 2.60. The lowest BCUT2D eigenvalue weighted by atomic mass is 10.4. The first kappa shape index (κ1) is 9.36. The van der Waals surface area contributed by atoms with Crippen LogP contribution in [0.3, 0.4) is 0 Å². The van der Waals surface area contributed by atoms with E-state index in [0.29, 0.717) is 6.54 Å². The molecule has 0 saturated carbocycles. The van der Waals surface area contributed by atoms with E-state index in [2.05, 4.69) is 25.9 Å². The molecule has 2 N–H and O–H groups in total. The number of pyridine rings is 1. The summed E-state index contributed by atoms with van der Waals surface area (Å²) in [5.74, 6) is 1.63. The van der Waals surface area contributed by atoms with Gasteiger partial charge in [0.25, 0.3) is 0 Å². The molecule has 2 aromatic rings. The van der Waals surface area contributed by atoms with Crippen molar-refractivity contribution in [1.29, 1.82) is 0 Å². The minimum absolute atomic E-state index is 0.407. The molecule has 0 bridgehead atoms. The predicted octanol–water partition coefficient (Wildman–Crippen LogP) is 1.49. The maximum atomic E-state index is 5.54. The van der Waals surface area contributed by atoms with Gasteiger partial charge in [0.2, 0.25) is 0 Å². The van der Waals surface area contributed by atoms with Crippen LogP contribution in [0, 0.1) is 0 Å². The molecule has 0 aliphatic rings. The van der Waals surface area contributed by atoms with Crippen molar-refractivity contribution in [2.45, 2.75) is 6.54 Å². The Morgan fingerprint density at radius 1 is 1.36 bits per heavy atom. The summed E-state index contributed by atoms with van der Waals surface area (Å²) >= 11 is 3.33. The fraction of sp³-hybridized carbons (Fsp3) is 0.111. The van der Waals surface area contributed by atoms with Crippen LogP contribution in [0.4, 0.5) is 0 Å². The van der Waals surface area contributed by atoms with Gasteiger partial charge in [0.15, 0.2) is 0 Å². The zero-order valence-corrected chi connectivity index (χ0v) is 8.98. The monoisotopic (exact) mass is 252 g/mol. The number of hydrogen-bond acceptors (Lipinski definition) is 3. The lowest BCUT2D eigenvalue weighted by Crippen LogP contribution is -2.07. The highest BCUT2D eigenvalue weighted by Gasteiger charge is 2.03. The Labute approximate surface area is 89.9 Å². The highest BCUT2D eigenvalue weighted by atomic mass is 79.9. The first-order valence-electron chi connectivity index (χ1n) is 4.15. The molecule has 14 heavy (non-hydrogen) atoms. The first-order valence-corrected chi connectivity index (χ1v) is 4.95. The smallest absolute Gasteiger partial charge is 0.138 e. The van der Waals surface area contributed by atoms with Crippen LogP contribution < -0.4 is 5.73 Å². The van der Waals surface area contributed by atoms with Crippen LogP contribution in [-0.2, 0) is 6.54 Å². The topological polar surface area (TPSA) is 56.7 Å². The average Bonchev–Trinajstić information content (AvgIpc) is 2.67. The van der Waals surface area contributed by atoms with Gasteiger partial charge in [0.1, 0.15) is 11.6 Å². The average molecular weight is 253 g/mol. The van der Waals surface area contributed by atoms with E-state index in [-0.39, 0.29) is 0 Å². The number of imidazole rings is 1. The van der Waals surface area contributed by atoms with Crippen molar-refractivity contribution in [2.75, 3.05) is 0 Å². The summed E-state index contributed by atoms with van der Waals surface area (Å²) in [6.45, 7) is 0.407. The second-order valence-corrected chi connectivity index (χ2v) is 3.67. The van der Waals surface area contributed by atoms with Gasteiger partial charge in [-0.05, 0) is 28.1 Å². The van der Waals surface area contributed by atoms with Crippen LogP contribution in [-0.4, -0.2) is 14.5 Å². The third-order valence-electron chi connectivity index (χ3n) is 1.86. The molecular weight excluding hydrogens is 244 g/mol. The van der Waals surface area contributed by atoms with Crippen LogP contribution in [0.15, 0.2) is 35.2 Å². The molecular formula is C9H9BrN4. The Bertz CT molecular complexity index is 421. The summed E-state index contributed by atoms with van der Waals surface area (Å²) in [7, 11) is 0. The van der Waals surface area contributed by atoms with E-state index in [1.165, 1.54) is 0 Å². The van der Waals surface area contributed by atoms with Gasteiger partial charge in [-0.25, -0.2) is 9.97 Å². The highest BCUT2D eigenvalue weighted by Crippen LogP contribution is 2.11. The molecule has 0 spiro atoms. The minimum atomic E-state index is 0.407. The van der Waals surface area contributed by atoms with Gasteiger partial charge >= 0.3 is 0 Å². The van der Waals surface area contributed by atoms with Crippen LogP contribution in [0.1, 0.15) is 5.82 Å². The molecule has 0 amide bonds. The molecule has 2 aromatic heterocycles. The lowest BCUT2D eigenvalue weighted by molar-refractivity contribution is 0.847. The molecule has 5 heteroatoms. The Balaban J connectivity index is 2.44. The largest absolute Gasteiger partial charge is 0.324 e. The summed E-state index contributed by atoms with van der Waals surface area (Å²) in [4.78, 5) is 8.37. The van der Waals surface area contributed by atoms with Crippen molar-refractivity contribution in [1.82, 2.24) is 14.5 Å². The molecule has 4 nitrogen and oxygen atoms in total. The van der Waals surface area contributed by atoms with Crippen molar-refractivity contribution in [3.8, 4) is 5.82 Å². The summed E-state index contributed by atoms with van der Waals surface area (Å²) in [5.41, 5.74) is 5.54. The molecule has 0 unspecified atom stereocenters. The number of aromatic nitrogens is 3. The Morgan fingerprint density at radius 2 is 2.21 bits per heavy atom. The van der Waals surface area contributed by atoms with Gasteiger partial charge in [-0.2, -0.15) is 0 Å². The molecule has 2 rings (SSSR count). The van der Waals surface area contributed by atoms with Crippen LogP contribution in [0.5, 0.6) is 0 Å². The van der Waals surface area contributed by atoms with E-state index in [4.69, 9.17) is 5.73 Å². The van der Waals surface area contributed by atoms with Crippen molar-refractivity contribution in [2.24, 2.45) is 5.73 Å². The predicted molar refractivity (Wildman–Crippen MR) is 57.0 cm³/mol. The van der Waals surface area contributed by atoms with E-state index in [0.717, 1.165) is 16.1 Å². The molecule has 0 saturated heterocycles. The van der Waals surface area contributed by atoms with Crippen LogP contribution in [0.2, 0.25) is 0 Å². The lowest BCUT2D eigenvalue weighted by Gasteiger charge is -2.04. The van der Waals surface area contributed by atoms with Gasteiger partial charge in [-0.3, -0.25) is 4.57 Å². The fourth-order valence-corrected chi connectivity index (χ4v) is 1.44. The minimum Gasteiger partial charge on any atom is -0.324 e. The van der Waals surface area contributed by atoms with E-state index in [1.54, 1.807) is 12.4 Å². The number of nitrogens with two attached hydrogens (primary N) is 1. The second-order valence-electron chi connectivity index (χ2n) is 2.75. The van der Waals surface area contributed by atoms with Crippen molar-refractivity contribution >= 4 is 15.9 Å². The molecule has 0 aliphatic heterocycles. The van der Waals surface area contributed by atoms with Crippen LogP contribution >= 0.6 is 15.9 Å². The van der Waals surface area contributed by atoms with Crippen molar-refractivity contribution < 1.29 is 0 Å². The fourth-order valence-electron chi connectivity index (χ4n) is 1.20. The molecule has 0 radical (unpaired) electrons. The number of nitrogens with zero attached hydrogens (tertiary/aromatic N) is 3. The quantitative estimate of drug-likeness (QED) is 0.882. The summed E-state index contributed by atoms with van der Waals surface area (Å²) in [6, 6.07) is 3.84. The van der Waals surface area contributed by atoms with E-state index < -0.39 is 0 Å². The maximum Gasteiger partial charge on any atom is 0.138 e. The van der Waals surface area contributed by atoms with Crippen molar-refractivity contribution in [3.63, 3.8) is 0 Å². The number of halogens is 1. The maximum absolute atomic E-state index is 5.54. The summed E-state index contributed by atoms with van der Waals surface area (Å²) in [5, 5.41) is 0. The van der Waals surface area contributed by atoms with Gasteiger partial charge in [-0.15, -0.1) is 0 Å². The molecule has 2 heterocycles. The molecule has 0 atom stereocenters. The molecule has 0 fully saturated rings.